The molecular formula is C9H10FNO2. The van der Waals surface area contributed by atoms with E-state index in [0.717, 1.165) is 0 Å². The highest BCUT2D eigenvalue weighted by Gasteiger charge is 2.16. The minimum Gasteiger partial charge on any atom is -0.454 e. The predicted octanol–water partition coefficient (Wildman–Crippen LogP) is 1.06. The van der Waals surface area contributed by atoms with Crippen molar-refractivity contribution in [2.45, 2.75) is 6.42 Å². The van der Waals surface area contributed by atoms with E-state index in [0.29, 0.717) is 30.0 Å². The molecule has 0 radical (unpaired) electrons. The average Bonchev–Trinajstić information content (AvgIpc) is 2.52. The Kier molecular flexibility index (Phi) is 2.06. The molecule has 0 unspecified atom stereocenters. The van der Waals surface area contributed by atoms with Crippen molar-refractivity contribution in [3.8, 4) is 11.5 Å². The molecule has 0 aromatic heterocycles. The second kappa shape index (κ2) is 3.22. The van der Waals surface area contributed by atoms with Crippen LogP contribution in [0.2, 0.25) is 0 Å². The van der Waals surface area contributed by atoms with Crippen molar-refractivity contribution < 1.29 is 13.9 Å². The molecule has 0 aliphatic carbocycles. The minimum absolute atomic E-state index is 0.168. The number of hydrogen-bond donors (Lipinski definition) is 1. The van der Waals surface area contributed by atoms with Gasteiger partial charge in [0.05, 0.1) is 0 Å². The van der Waals surface area contributed by atoms with Gasteiger partial charge in [0.15, 0.2) is 11.5 Å². The van der Waals surface area contributed by atoms with Crippen molar-refractivity contribution in [1.82, 2.24) is 0 Å². The number of hydrogen-bond acceptors (Lipinski definition) is 3. The molecular weight excluding hydrogens is 173 g/mol. The Morgan fingerprint density at radius 2 is 2.00 bits per heavy atom. The second-order valence-corrected chi connectivity index (χ2v) is 2.84. The lowest BCUT2D eigenvalue weighted by atomic mass is 10.1. The van der Waals surface area contributed by atoms with Gasteiger partial charge >= 0.3 is 0 Å². The summed E-state index contributed by atoms with van der Waals surface area (Å²) in [6.07, 6.45) is 0.516. The van der Waals surface area contributed by atoms with E-state index in [1.54, 1.807) is 6.07 Å². The summed E-state index contributed by atoms with van der Waals surface area (Å²) in [6.45, 7) is 0.595. The zero-order valence-electron chi connectivity index (χ0n) is 7.05. The van der Waals surface area contributed by atoms with Crippen LogP contribution in [-0.2, 0) is 6.42 Å². The summed E-state index contributed by atoms with van der Waals surface area (Å²) in [7, 11) is 0. The number of benzene rings is 1. The van der Waals surface area contributed by atoms with Crippen LogP contribution < -0.4 is 15.2 Å². The first-order chi connectivity index (χ1) is 6.31. The van der Waals surface area contributed by atoms with E-state index < -0.39 is 0 Å². The summed E-state index contributed by atoms with van der Waals surface area (Å²) in [4.78, 5) is 0. The molecule has 1 aromatic carbocycles. The monoisotopic (exact) mass is 183 g/mol. The molecule has 0 bridgehead atoms. The molecule has 1 aliphatic rings. The maximum Gasteiger partial charge on any atom is 0.231 e. The minimum atomic E-state index is -0.283. The van der Waals surface area contributed by atoms with Crippen LogP contribution >= 0.6 is 0 Å². The van der Waals surface area contributed by atoms with Crippen molar-refractivity contribution in [2.24, 2.45) is 5.73 Å². The molecule has 3 nitrogen and oxygen atoms in total. The molecule has 1 aromatic rings. The van der Waals surface area contributed by atoms with Crippen LogP contribution in [0.3, 0.4) is 0 Å². The van der Waals surface area contributed by atoms with Crippen LogP contribution in [0.4, 0.5) is 4.39 Å². The highest BCUT2D eigenvalue weighted by molar-refractivity contribution is 5.45. The topological polar surface area (TPSA) is 44.5 Å². The molecule has 0 amide bonds. The van der Waals surface area contributed by atoms with Crippen LogP contribution in [0.15, 0.2) is 12.1 Å². The Balaban J connectivity index is 2.37. The average molecular weight is 183 g/mol. The first-order valence-corrected chi connectivity index (χ1v) is 4.09. The van der Waals surface area contributed by atoms with E-state index >= 15 is 0 Å². The third-order valence-electron chi connectivity index (χ3n) is 1.96. The lowest BCUT2D eigenvalue weighted by Gasteiger charge is -2.02. The quantitative estimate of drug-likeness (QED) is 0.745. The number of ether oxygens (including phenoxy) is 2. The molecule has 0 atom stereocenters. The van der Waals surface area contributed by atoms with Crippen molar-refractivity contribution in [2.75, 3.05) is 13.3 Å². The standard InChI is InChI=1S/C9H10FNO2/c10-7-4-9-8(12-5-13-9)3-6(7)1-2-11/h3-4H,1-2,5,11H2. The summed E-state index contributed by atoms with van der Waals surface area (Å²) in [5, 5.41) is 0. The van der Waals surface area contributed by atoms with Gasteiger partial charge in [-0.15, -0.1) is 0 Å². The molecule has 2 N–H and O–H groups in total. The van der Waals surface area contributed by atoms with Crippen LogP contribution in [0.1, 0.15) is 5.56 Å². The van der Waals surface area contributed by atoms with Crippen LogP contribution in [0.5, 0.6) is 11.5 Å². The fourth-order valence-corrected chi connectivity index (χ4v) is 1.31. The van der Waals surface area contributed by atoms with Gasteiger partial charge in [-0.2, -0.15) is 0 Å². The number of nitrogens with two attached hydrogens (primary N) is 1. The van der Waals surface area contributed by atoms with Crippen molar-refractivity contribution in [1.29, 1.82) is 0 Å². The fraction of sp³-hybridized carbons (Fsp3) is 0.333. The SMILES string of the molecule is NCCc1cc2c(cc1F)OCO2. The van der Waals surface area contributed by atoms with E-state index in [4.69, 9.17) is 15.2 Å². The molecule has 70 valence electrons. The highest BCUT2D eigenvalue weighted by atomic mass is 19.1. The van der Waals surface area contributed by atoms with Crippen molar-refractivity contribution in [3.05, 3.63) is 23.5 Å². The fourth-order valence-electron chi connectivity index (χ4n) is 1.31. The molecule has 0 spiro atoms. The van der Waals surface area contributed by atoms with E-state index in [1.807, 2.05) is 0 Å². The third-order valence-corrected chi connectivity index (χ3v) is 1.96. The van der Waals surface area contributed by atoms with Gasteiger partial charge in [-0.3, -0.25) is 0 Å². The van der Waals surface area contributed by atoms with Crippen LogP contribution in [0, 0.1) is 5.82 Å². The van der Waals surface area contributed by atoms with E-state index in [-0.39, 0.29) is 12.6 Å². The molecule has 13 heavy (non-hydrogen) atoms. The van der Waals surface area contributed by atoms with E-state index in [1.165, 1.54) is 6.07 Å². The van der Waals surface area contributed by atoms with Crippen LogP contribution in [0.25, 0.3) is 0 Å². The first kappa shape index (κ1) is 8.31. The predicted molar refractivity (Wildman–Crippen MR) is 45.3 cm³/mol. The summed E-state index contributed by atoms with van der Waals surface area (Å²) < 4.78 is 23.4. The van der Waals surface area contributed by atoms with Gasteiger partial charge in [-0.05, 0) is 24.6 Å². The molecule has 1 aliphatic heterocycles. The summed E-state index contributed by atoms with van der Waals surface area (Å²) in [6, 6.07) is 2.98. The van der Waals surface area contributed by atoms with Gasteiger partial charge in [-0.1, -0.05) is 0 Å². The highest BCUT2D eigenvalue weighted by Crippen LogP contribution is 2.34. The smallest absolute Gasteiger partial charge is 0.231 e. The number of rotatable bonds is 2. The van der Waals surface area contributed by atoms with Gasteiger partial charge in [0.2, 0.25) is 6.79 Å². The van der Waals surface area contributed by atoms with Gasteiger partial charge in [0.1, 0.15) is 5.82 Å². The molecule has 0 saturated heterocycles. The number of fused-ring (bicyclic) bond motifs is 1. The van der Waals surface area contributed by atoms with E-state index in [9.17, 15) is 4.39 Å². The van der Waals surface area contributed by atoms with E-state index in [2.05, 4.69) is 0 Å². The number of halogens is 1. The van der Waals surface area contributed by atoms with Crippen molar-refractivity contribution in [3.63, 3.8) is 0 Å². The van der Waals surface area contributed by atoms with Gasteiger partial charge in [0.25, 0.3) is 0 Å². The third kappa shape index (κ3) is 1.45. The van der Waals surface area contributed by atoms with Gasteiger partial charge in [0, 0.05) is 6.07 Å². The second-order valence-electron chi connectivity index (χ2n) is 2.84. The lowest BCUT2D eigenvalue weighted by molar-refractivity contribution is 0.174. The molecule has 2 rings (SSSR count). The normalized spacial score (nSPS) is 13.4. The molecule has 0 fully saturated rings. The Hall–Kier alpha value is -1.29. The zero-order valence-corrected chi connectivity index (χ0v) is 7.05. The summed E-state index contributed by atoms with van der Waals surface area (Å²) >= 11 is 0. The van der Waals surface area contributed by atoms with Crippen molar-refractivity contribution >= 4 is 0 Å². The zero-order chi connectivity index (χ0) is 9.26. The van der Waals surface area contributed by atoms with Gasteiger partial charge < -0.3 is 15.2 Å². The first-order valence-electron chi connectivity index (χ1n) is 4.09. The Labute approximate surface area is 75.3 Å². The molecule has 1 heterocycles. The summed E-state index contributed by atoms with van der Waals surface area (Å²) in [5.74, 6) is 0.790. The largest absolute Gasteiger partial charge is 0.454 e. The maximum absolute atomic E-state index is 13.2. The van der Waals surface area contributed by atoms with Crippen LogP contribution in [-0.4, -0.2) is 13.3 Å². The summed E-state index contributed by atoms with van der Waals surface area (Å²) in [5.41, 5.74) is 5.91. The Bertz CT molecular complexity index is 328. The molecule has 0 saturated carbocycles. The molecule has 4 heteroatoms. The lowest BCUT2D eigenvalue weighted by Crippen LogP contribution is -2.04. The Morgan fingerprint density at radius 1 is 1.31 bits per heavy atom. The Morgan fingerprint density at radius 3 is 2.69 bits per heavy atom. The maximum atomic E-state index is 13.2. The van der Waals surface area contributed by atoms with Gasteiger partial charge in [-0.25, -0.2) is 4.39 Å².